The molecule has 4 heteroatoms. The highest BCUT2D eigenvalue weighted by molar-refractivity contribution is 6.30. The van der Waals surface area contributed by atoms with Crippen molar-refractivity contribution in [3.8, 4) is 11.3 Å². The summed E-state index contributed by atoms with van der Waals surface area (Å²) in [5.41, 5.74) is 2.30. The molecule has 0 aliphatic heterocycles. The second-order valence-electron chi connectivity index (χ2n) is 10.6. The number of hydrogen-bond acceptors (Lipinski definition) is 2. The first-order valence-electron chi connectivity index (χ1n) is 11.6. The van der Waals surface area contributed by atoms with Crippen LogP contribution in [0.25, 0.3) is 0 Å². The maximum absolute atomic E-state index is 10.8. The van der Waals surface area contributed by atoms with Crippen LogP contribution in [0.1, 0.15) is 58.3 Å². The van der Waals surface area contributed by atoms with Gasteiger partial charge in [0.05, 0.1) is 6.33 Å². The van der Waals surface area contributed by atoms with Gasteiger partial charge in [-0.3, -0.25) is 0 Å². The Morgan fingerprint density at radius 2 is 2.17 bits per heavy atom. The van der Waals surface area contributed by atoms with Gasteiger partial charge in [-0.2, -0.15) is 0 Å². The molecule has 30 heavy (non-hydrogen) atoms. The van der Waals surface area contributed by atoms with Gasteiger partial charge in [0, 0.05) is 30.7 Å². The van der Waals surface area contributed by atoms with Gasteiger partial charge < -0.3 is 9.67 Å². The number of aromatic nitrogens is 2. The Morgan fingerprint density at radius 1 is 1.30 bits per heavy atom. The Balaban J connectivity index is 1.34. The number of fused-ring (bicyclic) bond motifs is 5. The molecule has 0 unspecified atom stereocenters. The molecule has 5 rings (SSSR count). The second-order valence-corrected chi connectivity index (χ2v) is 10.8. The largest absolute Gasteiger partial charge is 0.377 e. The van der Waals surface area contributed by atoms with E-state index in [0.29, 0.717) is 23.7 Å². The Bertz CT molecular complexity index is 909. The molecule has 4 aliphatic carbocycles. The molecule has 0 spiro atoms. The average molecular weight is 425 g/mol. The molecule has 4 aliphatic rings. The summed E-state index contributed by atoms with van der Waals surface area (Å²) in [6, 6.07) is 0. The molecular weight excluding hydrogens is 392 g/mol. The van der Waals surface area contributed by atoms with E-state index in [-0.39, 0.29) is 0 Å². The highest BCUT2D eigenvalue weighted by Gasteiger charge is 2.56. The van der Waals surface area contributed by atoms with E-state index in [4.69, 9.17) is 11.6 Å². The Labute approximate surface area is 185 Å². The van der Waals surface area contributed by atoms with Crippen molar-refractivity contribution in [2.75, 3.05) is 0 Å². The van der Waals surface area contributed by atoms with Crippen LogP contribution in [0, 0.1) is 46.3 Å². The van der Waals surface area contributed by atoms with Gasteiger partial charge in [0.2, 0.25) is 0 Å². The van der Waals surface area contributed by atoms with Crippen molar-refractivity contribution >= 4 is 11.6 Å². The van der Waals surface area contributed by atoms with Gasteiger partial charge in [-0.05, 0) is 91.6 Å². The number of nitrogens with zero attached hydrogens (tertiary/aromatic N) is 2. The Morgan fingerprint density at radius 3 is 2.93 bits per heavy atom. The van der Waals surface area contributed by atoms with Crippen LogP contribution in [0.3, 0.4) is 0 Å². The molecular formula is C26H33ClN2O. The van der Waals surface area contributed by atoms with Crippen molar-refractivity contribution in [3.05, 3.63) is 42.5 Å². The Kier molecular flexibility index (Phi) is 5.15. The smallest absolute Gasteiger partial charge is 0.130 e. The first-order chi connectivity index (χ1) is 14.4. The lowest BCUT2D eigenvalue weighted by Gasteiger charge is -2.54. The second kappa shape index (κ2) is 7.57. The molecule has 3 fully saturated rings. The maximum atomic E-state index is 10.8. The quantitative estimate of drug-likeness (QED) is 0.509. The van der Waals surface area contributed by atoms with E-state index in [9.17, 15) is 5.11 Å². The molecule has 1 N–H and O–H groups in total. The molecule has 1 aromatic heterocycles. The fourth-order valence-corrected chi connectivity index (χ4v) is 8.06. The predicted molar refractivity (Wildman–Crippen MR) is 121 cm³/mol. The van der Waals surface area contributed by atoms with Crippen LogP contribution < -0.4 is 0 Å². The van der Waals surface area contributed by atoms with Gasteiger partial charge in [0.1, 0.15) is 5.60 Å². The van der Waals surface area contributed by atoms with Crippen molar-refractivity contribution in [1.29, 1.82) is 0 Å². The first-order valence-corrected chi connectivity index (χ1v) is 12.0. The number of imidazole rings is 1. The summed E-state index contributed by atoms with van der Waals surface area (Å²) < 4.78 is 2.16. The van der Waals surface area contributed by atoms with E-state index in [1.807, 2.05) is 18.7 Å². The zero-order valence-electron chi connectivity index (χ0n) is 18.0. The molecule has 160 valence electrons. The van der Waals surface area contributed by atoms with Crippen LogP contribution in [0.2, 0.25) is 0 Å². The number of allylic oxidation sites excluding steroid dienone is 2. The van der Waals surface area contributed by atoms with E-state index in [0.717, 1.165) is 37.1 Å². The molecule has 3 saturated carbocycles. The third kappa shape index (κ3) is 3.28. The molecule has 1 aromatic rings. The number of hydrogen-bond donors (Lipinski definition) is 1. The van der Waals surface area contributed by atoms with E-state index in [1.165, 1.54) is 43.3 Å². The zero-order valence-corrected chi connectivity index (χ0v) is 18.7. The van der Waals surface area contributed by atoms with Crippen molar-refractivity contribution in [3.63, 3.8) is 0 Å². The molecule has 7 atom stereocenters. The highest BCUT2D eigenvalue weighted by Crippen LogP contribution is 2.64. The minimum Gasteiger partial charge on any atom is -0.377 e. The van der Waals surface area contributed by atoms with Gasteiger partial charge in [0.15, 0.2) is 0 Å². The summed E-state index contributed by atoms with van der Waals surface area (Å²) in [7, 11) is 0. The van der Waals surface area contributed by atoms with Crippen LogP contribution >= 0.6 is 11.6 Å². The summed E-state index contributed by atoms with van der Waals surface area (Å²) in [5, 5.41) is 13.2. The van der Waals surface area contributed by atoms with Crippen molar-refractivity contribution in [1.82, 2.24) is 9.55 Å². The van der Waals surface area contributed by atoms with Crippen molar-refractivity contribution in [2.45, 2.75) is 70.4 Å². The lowest BCUT2D eigenvalue weighted by molar-refractivity contribution is -0.0204. The van der Waals surface area contributed by atoms with Gasteiger partial charge in [-0.25, -0.2) is 4.98 Å². The molecule has 3 nitrogen and oxygen atoms in total. The van der Waals surface area contributed by atoms with Gasteiger partial charge in [-0.15, -0.1) is 0 Å². The summed E-state index contributed by atoms with van der Waals surface area (Å²) >= 11 is 5.62. The number of rotatable bonds is 3. The van der Waals surface area contributed by atoms with E-state index < -0.39 is 5.60 Å². The fraction of sp³-hybridized carbons (Fsp3) is 0.654. The zero-order chi connectivity index (χ0) is 20.9. The van der Waals surface area contributed by atoms with Gasteiger partial charge in [-0.1, -0.05) is 36.6 Å². The van der Waals surface area contributed by atoms with E-state index >= 15 is 0 Å². The fourth-order valence-electron chi connectivity index (χ4n) is 7.88. The SMILES string of the molecule is C=C(Cn1ccnc1)[C@H]1CC[C@H]2[C@@H]3CC=C4C[C@@](O)(C#CCl)CC[C@@H]4[C@H]3CC[C@]12C. The predicted octanol–water partition coefficient (Wildman–Crippen LogP) is 5.56. The summed E-state index contributed by atoms with van der Waals surface area (Å²) in [6.45, 7) is 7.99. The summed E-state index contributed by atoms with van der Waals surface area (Å²) in [6.07, 6.45) is 17.2. The van der Waals surface area contributed by atoms with Crippen LogP contribution in [0.5, 0.6) is 0 Å². The minimum absolute atomic E-state index is 0.379. The Hall–Kier alpha value is -1.50. The third-order valence-electron chi connectivity index (χ3n) is 9.22. The third-order valence-corrected chi connectivity index (χ3v) is 9.32. The lowest BCUT2D eigenvalue weighted by Crippen LogP contribution is -2.47. The van der Waals surface area contributed by atoms with Crippen LogP contribution in [0.4, 0.5) is 0 Å². The topological polar surface area (TPSA) is 38.0 Å². The van der Waals surface area contributed by atoms with Crippen molar-refractivity contribution < 1.29 is 5.11 Å². The van der Waals surface area contributed by atoms with Gasteiger partial charge >= 0.3 is 0 Å². The van der Waals surface area contributed by atoms with Gasteiger partial charge in [0.25, 0.3) is 0 Å². The standard InChI is InChI=1S/C26H33ClN2O/c1-18(16-29-14-13-28-17-29)23-5-6-24-22-4-3-19-15-26(30,11-12-27)10-8-20(19)21(22)7-9-25(23,24)2/h3,13-14,17,20-24,30H,1,4-10,15-16H2,2H3/t20-,21+,22+,23+,24-,25+,26-/m0/s1. The van der Waals surface area contributed by atoms with Crippen molar-refractivity contribution in [2.24, 2.45) is 35.0 Å². The summed E-state index contributed by atoms with van der Waals surface area (Å²) in [4.78, 5) is 4.20. The molecule has 0 bridgehead atoms. The molecule has 0 radical (unpaired) electrons. The summed E-state index contributed by atoms with van der Waals surface area (Å²) in [5.74, 6) is 6.47. The number of halogens is 1. The van der Waals surface area contributed by atoms with Crippen LogP contribution in [0.15, 0.2) is 42.5 Å². The van der Waals surface area contributed by atoms with E-state index in [1.54, 1.807) is 0 Å². The molecule has 1 heterocycles. The highest BCUT2D eigenvalue weighted by atomic mass is 35.5. The lowest BCUT2D eigenvalue weighted by atomic mass is 9.51. The maximum Gasteiger partial charge on any atom is 0.130 e. The monoisotopic (exact) mass is 424 g/mol. The van der Waals surface area contributed by atoms with Crippen LogP contribution in [-0.2, 0) is 6.54 Å². The first kappa shape index (κ1) is 20.4. The van der Waals surface area contributed by atoms with Crippen LogP contribution in [-0.4, -0.2) is 20.3 Å². The average Bonchev–Trinajstić information content (AvgIpc) is 3.34. The minimum atomic E-state index is -0.913. The molecule has 0 saturated heterocycles. The molecule has 0 amide bonds. The molecule has 0 aromatic carbocycles. The number of aliphatic hydroxyl groups is 1. The van der Waals surface area contributed by atoms with E-state index in [2.05, 4.69) is 40.4 Å². The normalized spacial score (nSPS) is 42.2.